The van der Waals surface area contributed by atoms with Crippen LogP contribution in [0.5, 0.6) is 0 Å². The number of amides is 1. The minimum absolute atomic E-state index is 0.0383. The topological polar surface area (TPSA) is 63.2 Å². The number of sulfone groups is 1. The minimum Gasteiger partial charge on any atom is -0.348 e. The van der Waals surface area contributed by atoms with E-state index in [1.54, 1.807) is 19.1 Å². The molecule has 1 aromatic carbocycles. The lowest BCUT2D eigenvalue weighted by molar-refractivity contribution is -0.121. The molecule has 0 heterocycles. The van der Waals surface area contributed by atoms with E-state index >= 15 is 0 Å². The van der Waals surface area contributed by atoms with Crippen molar-refractivity contribution in [3.63, 3.8) is 0 Å². The van der Waals surface area contributed by atoms with Crippen LogP contribution < -0.4 is 5.32 Å². The Morgan fingerprint density at radius 3 is 2.41 bits per heavy atom. The molecule has 122 valence electrons. The first kappa shape index (κ1) is 17.3. The van der Waals surface area contributed by atoms with Crippen molar-refractivity contribution in [2.75, 3.05) is 5.75 Å². The zero-order valence-electron chi connectivity index (χ0n) is 12.9. The molecule has 0 aliphatic heterocycles. The molecule has 22 heavy (non-hydrogen) atoms. The second kappa shape index (κ2) is 7.01. The molecule has 2 atom stereocenters. The van der Waals surface area contributed by atoms with Gasteiger partial charge in [-0.25, -0.2) is 8.42 Å². The maximum atomic E-state index is 12.3. The van der Waals surface area contributed by atoms with Crippen LogP contribution in [0.4, 0.5) is 0 Å². The van der Waals surface area contributed by atoms with E-state index in [0.717, 1.165) is 18.4 Å². The summed E-state index contributed by atoms with van der Waals surface area (Å²) in [5.41, 5.74) is 0.973. The normalized spacial score (nSPS) is 17.8. The molecule has 0 unspecified atom stereocenters. The zero-order valence-corrected chi connectivity index (χ0v) is 14.5. The van der Waals surface area contributed by atoms with Gasteiger partial charge in [-0.1, -0.05) is 30.7 Å². The highest BCUT2D eigenvalue weighted by molar-refractivity contribution is 7.92. The molecule has 1 fully saturated rings. The molecule has 2 rings (SSSR count). The molecule has 1 saturated carbocycles. The maximum Gasteiger partial charge on any atom is 0.238 e. The molecule has 1 aliphatic rings. The van der Waals surface area contributed by atoms with Crippen LogP contribution in [0.15, 0.2) is 24.3 Å². The number of hydrogen-bond acceptors (Lipinski definition) is 3. The Kier molecular flexibility index (Phi) is 5.50. The molecular weight excluding hydrogens is 322 g/mol. The van der Waals surface area contributed by atoms with Crippen LogP contribution in [0, 0.1) is 5.92 Å². The predicted octanol–water partition coefficient (Wildman–Crippen LogP) is 3.12. The lowest BCUT2D eigenvalue weighted by Gasteiger charge is -2.21. The van der Waals surface area contributed by atoms with E-state index in [-0.39, 0.29) is 11.8 Å². The Morgan fingerprint density at radius 1 is 1.32 bits per heavy atom. The number of carbonyl (C=O) groups excluding carboxylic acids is 1. The number of rotatable bonds is 7. The molecule has 0 spiro atoms. The third-order valence-corrected chi connectivity index (χ3v) is 6.54. The number of benzene rings is 1. The van der Waals surface area contributed by atoms with Crippen molar-refractivity contribution in [3.05, 3.63) is 34.9 Å². The fourth-order valence-corrected chi connectivity index (χ4v) is 3.91. The lowest BCUT2D eigenvalue weighted by atomic mass is 10.0. The largest absolute Gasteiger partial charge is 0.348 e. The quantitative estimate of drug-likeness (QED) is 0.827. The van der Waals surface area contributed by atoms with E-state index in [9.17, 15) is 13.2 Å². The van der Waals surface area contributed by atoms with Gasteiger partial charge in [0.1, 0.15) is 5.25 Å². The van der Waals surface area contributed by atoms with Gasteiger partial charge >= 0.3 is 0 Å². The number of hydrogen-bond donors (Lipinski definition) is 1. The van der Waals surface area contributed by atoms with Crippen LogP contribution >= 0.6 is 11.6 Å². The average molecular weight is 344 g/mol. The number of nitrogens with one attached hydrogen (secondary N) is 1. The van der Waals surface area contributed by atoms with Gasteiger partial charge in [0.2, 0.25) is 5.91 Å². The molecule has 0 bridgehead atoms. The van der Waals surface area contributed by atoms with Crippen molar-refractivity contribution >= 4 is 27.3 Å². The van der Waals surface area contributed by atoms with Gasteiger partial charge < -0.3 is 5.32 Å². The summed E-state index contributed by atoms with van der Waals surface area (Å²) in [5, 5.41) is 2.55. The molecule has 1 N–H and O–H groups in total. The van der Waals surface area contributed by atoms with Gasteiger partial charge in [0.25, 0.3) is 0 Å². The van der Waals surface area contributed by atoms with Crippen LogP contribution in [0.1, 0.15) is 44.7 Å². The minimum atomic E-state index is -3.38. The van der Waals surface area contributed by atoms with E-state index in [0.29, 0.717) is 17.4 Å². The summed E-state index contributed by atoms with van der Waals surface area (Å²) in [7, 11) is -3.38. The smallest absolute Gasteiger partial charge is 0.238 e. The van der Waals surface area contributed by atoms with E-state index in [2.05, 4.69) is 5.32 Å². The highest BCUT2D eigenvalue weighted by Crippen LogP contribution is 2.41. The van der Waals surface area contributed by atoms with E-state index < -0.39 is 21.0 Å². The summed E-state index contributed by atoms with van der Waals surface area (Å²) in [5.74, 6) is 0.00268. The Bertz CT molecular complexity index is 623. The summed E-state index contributed by atoms with van der Waals surface area (Å²) >= 11 is 5.90. The van der Waals surface area contributed by atoms with Gasteiger partial charge in [-0.3, -0.25) is 4.79 Å². The van der Waals surface area contributed by atoms with Crippen molar-refractivity contribution in [2.24, 2.45) is 5.92 Å². The van der Waals surface area contributed by atoms with Crippen LogP contribution in [0.25, 0.3) is 0 Å². The Balaban J connectivity index is 2.11. The predicted molar refractivity (Wildman–Crippen MR) is 88.6 cm³/mol. The molecule has 1 aliphatic carbocycles. The summed E-state index contributed by atoms with van der Waals surface area (Å²) in [6, 6.07) is 7.21. The molecular formula is C16H22ClNO3S. The molecule has 0 radical (unpaired) electrons. The van der Waals surface area contributed by atoms with Crippen LogP contribution in [0.2, 0.25) is 5.02 Å². The molecule has 1 aromatic rings. The zero-order chi connectivity index (χ0) is 16.3. The fraction of sp³-hybridized carbons (Fsp3) is 0.562. The summed E-state index contributed by atoms with van der Waals surface area (Å²) in [6.07, 6.45) is 2.61. The third-order valence-electron chi connectivity index (χ3n) is 4.02. The molecule has 6 heteroatoms. The summed E-state index contributed by atoms with van der Waals surface area (Å²) in [6.45, 7) is 3.26. The SMILES string of the molecule is CCCS(=O)(=O)[C@@H](C)C(=O)N[C@@H](c1ccc(Cl)cc1)C1CC1. The summed E-state index contributed by atoms with van der Waals surface area (Å²) in [4.78, 5) is 12.3. The van der Waals surface area contributed by atoms with Gasteiger partial charge in [-0.15, -0.1) is 0 Å². The van der Waals surface area contributed by atoms with E-state index in [1.807, 2.05) is 12.1 Å². The number of halogens is 1. The van der Waals surface area contributed by atoms with Gasteiger partial charge in [0, 0.05) is 5.02 Å². The highest BCUT2D eigenvalue weighted by atomic mass is 35.5. The first-order valence-corrected chi connectivity index (χ1v) is 9.72. The van der Waals surface area contributed by atoms with Gasteiger partial charge in [-0.05, 0) is 49.8 Å². The Labute approximate surface area is 137 Å². The van der Waals surface area contributed by atoms with E-state index in [4.69, 9.17) is 11.6 Å². The number of carbonyl (C=O) groups is 1. The molecule has 4 nitrogen and oxygen atoms in total. The molecule has 1 amide bonds. The van der Waals surface area contributed by atoms with Crippen molar-refractivity contribution in [1.29, 1.82) is 0 Å². The Morgan fingerprint density at radius 2 is 1.91 bits per heavy atom. The monoisotopic (exact) mass is 343 g/mol. The Hall–Kier alpha value is -1.07. The second-order valence-electron chi connectivity index (χ2n) is 5.88. The average Bonchev–Trinajstić information content (AvgIpc) is 3.29. The van der Waals surface area contributed by atoms with E-state index in [1.165, 1.54) is 6.92 Å². The fourth-order valence-electron chi connectivity index (χ4n) is 2.47. The van der Waals surface area contributed by atoms with Crippen LogP contribution in [-0.4, -0.2) is 25.3 Å². The standard InChI is InChI=1S/C16H22ClNO3S/c1-3-10-22(20,21)11(2)16(19)18-15(12-4-5-12)13-6-8-14(17)9-7-13/h6-9,11-12,15H,3-5,10H2,1-2H3,(H,18,19)/t11-,15+/m0/s1. The maximum absolute atomic E-state index is 12.3. The second-order valence-corrected chi connectivity index (χ2v) is 8.76. The summed E-state index contributed by atoms with van der Waals surface area (Å²) < 4.78 is 24.1. The van der Waals surface area contributed by atoms with Gasteiger partial charge in [0.05, 0.1) is 11.8 Å². The van der Waals surface area contributed by atoms with Crippen LogP contribution in [0.3, 0.4) is 0 Å². The van der Waals surface area contributed by atoms with Gasteiger partial charge in [0.15, 0.2) is 9.84 Å². The third kappa shape index (κ3) is 4.23. The van der Waals surface area contributed by atoms with Crippen molar-refractivity contribution in [2.45, 2.75) is 44.4 Å². The van der Waals surface area contributed by atoms with Gasteiger partial charge in [-0.2, -0.15) is 0 Å². The van der Waals surface area contributed by atoms with Crippen LogP contribution in [-0.2, 0) is 14.6 Å². The molecule has 0 saturated heterocycles. The first-order chi connectivity index (χ1) is 10.3. The van der Waals surface area contributed by atoms with Crippen molar-refractivity contribution in [3.8, 4) is 0 Å². The van der Waals surface area contributed by atoms with Crippen molar-refractivity contribution < 1.29 is 13.2 Å². The highest BCUT2D eigenvalue weighted by Gasteiger charge is 2.36. The first-order valence-electron chi connectivity index (χ1n) is 7.62. The lowest BCUT2D eigenvalue weighted by Crippen LogP contribution is -2.41. The molecule has 0 aromatic heterocycles. The van der Waals surface area contributed by atoms with Crippen molar-refractivity contribution in [1.82, 2.24) is 5.32 Å².